The van der Waals surface area contributed by atoms with Crippen molar-refractivity contribution >= 4 is 5.96 Å². The molecular formula is C13H21N3O. The Hall–Kier alpha value is -1.71. The van der Waals surface area contributed by atoms with Crippen LogP contribution in [0.1, 0.15) is 12.5 Å². The molecule has 0 bridgehead atoms. The van der Waals surface area contributed by atoms with Crippen LogP contribution in [0, 0.1) is 0 Å². The first-order valence-corrected chi connectivity index (χ1v) is 5.76. The molecule has 4 nitrogen and oxygen atoms in total. The lowest BCUT2D eigenvalue weighted by atomic mass is 10.2. The number of nitrogens with zero attached hydrogens (tertiary/aromatic N) is 2. The van der Waals surface area contributed by atoms with Gasteiger partial charge in [-0.3, -0.25) is 0 Å². The highest BCUT2D eigenvalue weighted by Gasteiger charge is 2.00. The summed E-state index contributed by atoms with van der Waals surface area (Å²) in [7, 11) is 5.63. The van der Waals surface area contributed by atoms with Crippen LogP contribution in [0.2, 0.25) is 0 Å². The standard InChI is InChI=1S/C13H21N3O/c1-5-14-13(16(2)3)15-10-11-7-6-8-12(9-11)17-4/h6-9H,5,10H2,1-4H3,(H,14,15). The first kappa shape index (κ1) is 13.4. The monoisotopic (exact) mass is 235 g/mol. The van der Waals surface area contributed by atoms with Crippen LogP contribution in [0.5, 0.6) is 5.75 Å². The number of ether oxygens (including phenoxy) is 1. The van der Waals surface area contributed by atoms with Crippen molar-refractivity contribution in [3.63, 3.8) is 0 Å². The number of aliphatic imine (C=N–C) groups is 1. The van der Waals surface area contributed by atoms with E-state index in [1.807, 2.05) is 43.3 Å². The molecule has 1 N–H and O–H groups in total. The highest BCUT2D eigenvalue weighted by Crippen LogP contribution is 2.13. The summed E-state index contributed by atoms with van der Waals surface area (Å²) in [6, 6.07) is 7.96. The van der Waals surface area contributed by atoms with E-state index < -0.39 is 0 Å². The van der Waals surface area contributed by atoms with Gasteiger partial charge in [-0.2, -0.15) is 0 Å². The highest BCUT2D eigenvalue weighted by molar-refractivity contribution is 5.79. The van der Waals surface area contributed by atoms with Gasteiger partial charge >= 0.3 is 0 Å². The van der Waals surface area contributed by atoms with E-state index >= 15 is 0 Å². The molecule has 0 aliphatic rings. The molecule has 0 atom stereocenters. The Kier molecular flexibility index (Phi) is 5.33. The molecule has 0 fully saturated rings. The fourth-order valence-corrected chi connectivity index (χ4v) is 1.45. The molecule has 4 heteroatoms. The molecule has 0 aliphatic carbocycles. The van der Waals surface area contributed by atoms with Crippen molar-refractivity contribution < 1.29 is 4.74 Å². The smallest absolute Gasteiger partial charge is 0.193 e. The number of hydrogen-bond acceptors (Lipinski definition) is 2. The molecule has 1 aromatic carbocycles. The van der Waals surface area contributed by atoms with E-state index in [2.05, 4.69) is 17.2 Å². The maximum Gasteiger partial charge on any atom is 0.193 e. The summed E-state index contributed by atoms with van der Waals surface area (Å²) in [6.45, 7) is 3.58. The van der Waals surface area contributed by atoms with E-state index in [0.29, 0.717) is 6.54 Å². The van der Waals surface area contributed by atoms with Crippen molar-refractivity contribution in [3.8, 4) is 5.75 Å². The first-order chi connectivity index (χ1) is 8.17. The van der Waals surface area contributed by atoms with Gasteiger partial charge in [-0.05, 0) is 24.6 Å². The molecule has 94 valence electrons. The number of guanidine groups is 1. The van der Waals surface area contributed by atoms with Crippen LogP contribution in [-0.4, -0.2) is 38.6 Å². The molecule has 0 saturated carbocycles. The Morgan fingerprint density at radius 1 is 1.41 bits per heavy atom. The molecular weight excluding hydrogens is 214 g/mol. The van der Waals surface area contributed by atoms with Crippen LogP contribution in [-0.2, 0) is 6.54 Å². The predicted molar refractivity (Wildman–Crippen MR) is 71.5 cm³/mol. The lowest BCUT2D eigenvalue weighted by Gasteiger charge is -2.16. The van der Waals surface area contributed by atoms with E-state index in [-0.39, 0.29) is 0 Å². The largest absolute Gasteiger partial charge is 0.497 e. The number of rotatable bonds is 4. The summed E-state index contributed by atoms with van der Waals surface area (Å²) in [5.41, 5.74) is 1.14. The Morgan fingerprint density at radius 2 is 2.18 bits per heavy atom. The van der Waals surface area contributed by atoms with Gasteiger partial charge in [0.25, 0.3) is 0 Å². The van der Waals surface area contributed by atoms with E-state index in [4.69, 9.17) is 4.74 Å². The molecule has 0 amide bonds. The first-order valence-electron chi connectivity index (χ1n) is 5.76. The lowest BCUT2D eigenvalue weighted by Crippen LogP contribution is -2.36. The van der Waals surface area contributed by atoms with Gasteiger partial charge in [-0.1, -0.05) is 12.1 Å². The van der Waals surface area contributed by atoms with Gasteiger partial charge in [-0.25, -0.2) is 4.99 Å². The van der Waals surface area contributed by atoms with Crippen molar-refractivity contribution in [2.24, 2.45) is 4.99 Å². The Labute approximate surface area is 103 Å². The summed E-state index contributed by atoms with van der Waals surface area (Å²) >= 11 is 0. The third-order valence-electron chi connectivity index (χ3n) is 2.30. The predicted octanol–water partition coefficient (Wildman–Crippen LogP) is 1.72. The van der Waals surface area contributed by atoms with Crippen LogP contribution in [0.25, 0.3) is 0 Å². The zero-order valence-corrected chi connectivity index (χ0v) is 11.0. The second kappa shape index (κ2) is 6.78. The Balaban J connectivity index is 2.72. The van der Waals surface area contributed by atoms with Gasteiger partial charge in [0.2, 0.25) is 0 Å². The van der Waals surface area contributed by atoms with E-state index in [9.17, 15) is 0 Å². The zero-order chi connectivity index (χ0) is 12.7. The number of benzene rings is 1. The van der Waals surface area contributed by atoms with Gasteiger partial charge in [0.1, 0.15) is 5.75 Å². The second-order valence-electron chi connectivity index (χ2n) is 3.92. The number of hydrogen-bond donors (Lipinski definition) is 1. The topological polar surface area (TPSA) is 36.9 Å². The molecule has 0 aliphatic heterocycles. The molecule has 0 heterocycles. The molecule has 17 heavy (non-hydrogen) atoms. The fraction of sp³-hybridized carbons (Fsp3) is 0.462. The van der Waals surface area contributed by atoms with Crippen molar-refractivity contribution in [2.45, 2.75) is 13.5 Å². The highest BCUT2D eigenvalue weighted by atomic mass is 16.5. The summed E-state index contributed by atoms with van der Waals surface area (Å²) in [5, 5.41) is 3.23. The Bertz CT molecular complexity index is 375. The molecule has 0 spiro atoms. The van der Waals surface area contributed by atoms with Crippen molar-refractivity contribution in [1.29, 1.82) is 0 Å². The third kappa shape index (κ3) is 4.34. The molecule has 0 radical (unpaired) electrons. The van der Waals surface area contributed by atoms with E-state index in [1.165, 1.54) is 0 Å². The van der Waals surface area contributed by atoms with Gasteiger partial charge < -0.3 is 15.0 Å². The zero-order valence-electron chi connectivity index (χ0n) is 11.0. The van der Waals surface area contributed by atoms with Crippen LogP contribution >= 0.6 is 0 Å². The maximum atomic E-state index is 5.18. The third-order valence-corrected chi connectivity index (χ3v) is 2.30. The lowest BCUT2D eigenvalue weighted by molar-refractivity contribution is 0.414. The number of nitrogens with one attached hydrogen (secondary N) is 1. The quantitative estimate of drug-likeness (QED) is 0.638. The normalized spacial score (nSPS) is 11.2. The summed E-state index contributed by atoms with van der Waals surface area (Å²) in [4.78, 5) is 6.51. The summed E-state index contributed by atoms with van der Waals surface area (Å²) in [5.74, 6) is 1.77. The molecule has 0 unspecified atom stereocenters. The van der Waals surface area contributed by atoms with Crippen molar-refractivity contribution in [3.05, 3.63) is 29.8 Å². The van der Waals surface area contributed by atoms with Crippen molar-refractivity contribution in [2.75, 3.05) is 27.7 Å². The number of methoxy groups -OCH3 is 1. The second-order valence-corrected chi connectivity index (χ2v) is 3.92. The molecule has 0 aromatic heterocycles. The SMILES string of the molecule is CCNC(=NCc1cccc(OC)c1)N(C)C. The Morgan fingerprint density at radius 3 is 2.76 bits per heavy atom. The fourth-order valence-electron chi connectivity index (χ4n) is 1.45. The van der Waals surface area contributed by atoms with Crippen LogP contribution in [0.3, 0.4) is 0 Å². The average Bonchev–Trinajstić information content (AvgIpc) is 2.34. The minimum absolute atomic E-state index is 0.651. The van der Waals surface area contributed by atoms with Gasteiger partial charge in [0.15, 0.2) is 5.96 Å². The van der Waals surface area contributed by atoms with Crippen LogP contribution in [0.15, 0.2) is 29.3 Å². The van der Waals surface area contributed by atoms with Gasteiger partial charge in [0.05, 0.1) is 13.7 Å². The van der Waals surface area contributed by atoms with E-state index in [0.717, 1.165) is 23.8 Å². The van der Waals surface area contributed by atoms with Crippen molar-refractivity contribution in [1.82, 2.24) is 10.2 Å². The van der Waals surface area contributed by atoms with Gasteiger partial charge in [-0.15, -0.1) is 0 Å². The summed E-state index contributed by atoms with van der Waals surface area (Å²) in [6.07, 6.45) is 0. The summed E-state index contributed by atoms with van der Waals surface area (Å²) < 4.78 is 5.18. The molecule has 1 aromatic rings. The molecule has 1 rings (SSSR count). The van der Waals surface area contributed by atoms with Crippen LogP contribution < -0.4 is 10.1 Å². The molecule has 0 saturated heterocycles. The van der Waals surface area contributed by atoms with Gasteiger partial charge in [0, 0.05) is 20.6 Å². The maximum absolute atomic E-state index is 5.18. The minimum atomic E-state index is 0.651. The average molecular weight is 235 g/mol. The minimum Gasteiger partial charge on any atom is -0.497 e. The van der Waals surface area contributed by atoms with E-state index in [1.54, 1.807) is 7.11 Å². The van der Waals surface area contributed by atoms with Crippen LogP contribution in [0.4, 0.5) is 0 Å².